The molecule has 2 amide bonds. The number of hydrogen-bond acceptors (Lipinski definition) is 6. The smallest absolute Gasteiger partial charge is 0.312 e. The molecule has 0 saturated heterocycles. The third-order valence-corrected chi connectivity index (χ3v) is 3.95. The summed E-state index contributed by atoms with van der Waals surface area (Å²) in [6.45, 7) is 0.632. The number of amides is 2. The Morgan fingerprint density at radius 2 is 2.24 bits per heavy atom. The van der Waals surface area contributed by atoms with Gasteiger partial charge in [0.15, 0.2) is 11.5 Å². The number of primary amides is 1. The number of hydrogen-bond donors (Lipinski definition) is 5. The SMILES string of the molecule is N=C(NC1CCc2ccc(F)cc21)c1nonc1NCCNC(N)=O. The first-order chi connectivity index (χ1) is 12.0. The predicted octanol–water partition coefficient (Wildman–Crippen LogP) is 0.891. The number of halogens is 1. The topological polar surface area (TPSA) is 142 Å². The molecule has 25 heavy (non-hydrogen) atoms. The minimum absolute atomic E-state index is 0.0220. The molecule has 0 aliphatic heterocycles. The number of carbonyl (C=O) groups excluding carboxylic acids is 1. The lowest BCUT2D eigenvalue weighted by atomic mass is 10.1. The van der Waals surface area contributed by atoms with Crippen LogP contribution >= 0.6 is 0 Å². The number of urea groups is 1. The minimum Gasteiger partial charge on any atom is -0.363 e. The molecule has 10 heteroatoms. The molecular formula is C15H18FN7O2. The van der Waals surface area contributed by atoms with Crippen LogP contribution in [-0.4, -0.2) is 35.3 Å². The maximum absolute atomic E-state index is 13.5. The van der Waals surface area contributed by atoms with Gasteiger partial charge in [0.2, 0.25) is 5.82 Å². The largest absolute Gasteiger partial charge is 0.363 e. The maximum atomic E-state index is 13.5. The van der Waals surface area contributed by atoms with Gasteiger partial charge in [-0.1, -0.05) is 6.07 Å². The summed E-state index contributed by atoms with van der Waals surface area (Å²) < 4.78 is 18.2. The monoisotopic (exact) mass is 347 g/mol. The van der Waals surface area contributed by atoms with Crippen molar-refractivity contribution in [2.45, 2.75) is 18.9 Å². The van der Waals surface area contributed by atoms with Crippen LogP contribution in [0, 0.1) is 11.2 Å². The Morgan fingerprint density at radius 1 is 1.40 bits per heavy atom. The van der Waals surface area contributed by atoms with Crippen LogP contribution in [-0.2, 0) is 6.42 Å². The van der Waals surface area contributed by atoms with E-state index in [0.29, 0.717) is 6.54 Å². The van der Waals surface area contributed by atoms with E-state index in [2.05, 4.69) is 30.9 Å². The van der Waals surface area contributed by atoms with Gasteiger partial charge >= 0.3 is 6.03 Å². The van der Waals surface area contributed by atoms with Gasteiger partial charge in [0.1, 0.15) is 5.82 Å². The molecule has 1 aliphatic rings. The second-order valence-corrected chi connectivity index (χ2v) is 5.63. The Kier molecular flexibility index (Phi) is 4.78. The summed E-state index contributed by atoms with van der Waals surface area (Å²) in [6.07, 6.45) is 1.58. The van der Waals surface area contributed by atoms with Crippen molar-refractivity contribution in [2.24, 2.45) is 5.73 Å². The molecule has 0 radical (unpaired) electrons. The zero-order valence-electron chi connectivity index (χ0n) is 13.3. The van der Waals surface area contributed by atoms with Gasteiger partial charge in [-0.05, 0) is 46.4 Å². The molecular weight excluding hydrogens is 329 g/mol. The van der Waals surface area contributed by atoms with Gasteiger partial charge in [-0.15, -0.1) is 0 Å². The molecule has 0 bridgehead atoms. The quantitative estimate of drug-likeness (QED) is 0.298. The lowest BCUT2D eigenvalue weighted by Gasteiger charge is -2.15. The number of anilines is 1. The van der Waals surface area contributed by atoms with Crippen LogP contribution in [0.15, 0.2) is 22.8 Å². The van der Waals surface area contributed by atoms with Crippen LogP contribution in [0.5, 0.6) is 0 Å². The van der Waals surface area contributed by atoms with Crippen LogP contribution in [0.2, 0.25) is 0 Å². The molecule has 3 rings (SSSR count). The molecule has 1 unspecified atom stereocenters. The van der Waals surface area contributed by atoms with E-state index in [0.717, 1.165) is 24.0 Å². The van der Waals surface area contributed by atoms with E-state index in [1.165, 1.54) is 12.1 Å². The molecule has 9 nitrogen and oxygen atoms in total. The van der Waals surface area contributed by atoms with Gasteiger partial charge in [0, 0.05) is 13.1 Å². The fourth-order valence-corrected chi connectivity index (χ4v) is 2.80. The Labute approximate surface area is 142 Å². The molecule has 1 aromatic carbocycles. The highest BCUT2D eigenvalue weighted by molar-refractivity contribution is 5.98. The van der Waals surface area contributed by atoms with Crippen molar-refractivity contribution in [2.75, 3.05) is 18.4 Å². The summed E-state index contributed by atoms with van der Waals surface area (Å²) in [4.78, 5) is 10.6. The van der Waals surface area contributed by atoms with E-state index in [4.69, 9.17) is 11.1 Å². The van der Waals surface area contributed by atoms with Crippen molar-refractivity contribution in [3.63, 3.8) is 0 Å². The van der Waals surface area contributed by atoms with Gasteiger partial charge in [0.25, 0.3) is 0 Å². The third kappa shape index (κ3) is 3.84. The zero-order chi connectivity index (χ0) is 17.8. The predicted molar refractivity (Wildman–Crippen MR) is 87.8 cm³/mol. The summed E-state index contributed by atoms with van der Waals surface area (Å²) >= 11 is 0. The molecule has 1 aliphatic carbocycles. The normalized spacial score (nSPS) is 15.5. The van der Waals surface area contributed by atoms with Gasteiger partial charge in [-0.3, -0.25) is 5.41 Å². The maximum Gasteiger partial charge on any atom is 0.312 e. The summed E-state index contributed by atoms with van der Waals surface area (Å²) in [6, 6.07) is 3.91. The fraction of sp³-hybridized carbons (Fsp3) is 0.333. The summed E-state index contributed by atoms with van der Waals surface area (Å²) in [7, 11) is 0. The Morgan fingerprint density at radius 3 is 3.04 bits per heavy atom. The number of carbonyl (C=O) groups is 1. The molecule has 132 valence electrons. The highest BCUT2D eigenvalue weighted by Gasteiger charge is 2.25. The number of nitrogens with two attached hydrogens (primary N) is 1. The first-order valence-electron chi connectivity index (χ1n) is 7.78. The highest BCUT2D eigenvalue weighted by Crippen LogP contribution is 2.31. The first kappa shape index (κ1) is 16.7. The molecule has 0 fully saturated rings. The van der Waals surface area contributed by atoms with Crippen LogP contribution in [0.25, 0.3) is 0 Å². The highest BCUT2D eigenvalue weighted by atomic mass is 19.1. The first-order valence-corrected chi connectivity index (χ1v) is 7.78. The molecule has 0 spiro atoms. The van der Waals surface area contributed by atoms with Crippen molar-refractivity contribution >= 4 is 17.7 Å². The lowest BCUT2D eigenvalue weighted by Crippen LogP contribution is -2.33. The molecule has 1 aromatic heterocycles. The second kappa shape index (κ2) is 7.16. The van der Waals surface area contributed by atoms with E-state index in [9.17, 15) is 9.18 Å². The van der Waals surface area contributed by atoms with Crippen LogP contribution < -0.4 is 21.7 Å². The van der Waals surface area contributed by atoms with Crippen molar-refractivity contribution in [1.82, 2.24) is 20.9 Å². The second-order valence-electron chi connectivity index (χ2n) is 5.63. The molecule has 6 N–H and O–H groups in total. The number of aromatic nitrogens is 2. The van der Waals surface area contributed by atoms with Crippen LogP contribution in [0.3, 0.4) is 0 Å². The average molecular weight is 347 g/mol. The molecule has 0 saturated carbocycles. The van der Waals surface area contributed by atoms with Crippen molar-refractivity contribution < 1.29 is 13.8 Å². The number of amidine groups is 1. The number of aryl methyl sites for hydroxylation is 1. The summed E-state index contributed by atoms with van der Waals surface area (Å²) in [5.74, 6) is 0.00125. The van der Waals surface area contributed by atoms with E-state index < -0.39 is 6.03 Å². The summed E-state index contributed by atoms with van der Waals surface area (Å²) in [5.41, 5.74) is 7.11. The number of rotatable bonds is 6. The number of nitrogens with zero attached hydrogens (tertiary/aromatic N) is 2. The third-order valence-electron chi connectivity index (χ3n) is 3.95. The van der Waals surface area contributed by atoms with Gasteiger partial charge in [0.05, 0.1) is 6.04 Å². The Hall–Kier alpha value is -3.17. The molecule has 1 heterocycles. The number of fused-ring (bicyclic) bond motifs is 1. The number of nitrogens with one attached hydrogen (secondary N) is 4. The van der Waals surface area contributed by atoms with Crippen LogP contribution in [0.1, 0.15) is 29.3 Å². The number of benzene rings is 1. The summed E-state index contributed by atoms with van der Waals surface area (Å²) in [5, 5.41) is 24.0. The van der Waals surface area contributed by atoms with E-state index in [1.54, 1.807) is 6.07 Å². The fourth-order valence-electron chi connectivity index (χ4n) is 2.80. The van der Waals surface area contributed by atoms with Gasteiger partial charge < -0.3 is 21.7 Å². The molecule has 1 atom stereocenters. The van der Waals surface area contributed by atoms with E-state index in [1.807, 2.05) is 0 Å². The van der Waals surface area contributed by atoms with Crippen molar-refractivity contribution in [3.05, 3.63) is 40.8 Å². The van der Waals surface area contributed by atoms with E-state index in [-0.39, 0.29) is 35.8 Å². The Bertz CT molecular complexity index is 792. The minimum atomic E-state index is -0.623. The Balaban J connectivity index is 1.63. The lowest BCUT2D eigenvalue weighted by molar-refractivity contribution is 0.249. The van der Waals surface area contributed by atoms with E-state index >= 15 is 0 Å². The van der Waals surface area contributed by atoms with Gasteiger partial charge in [-0.25, -0.2) is 13.8 Å². The zero-order valence-corrected chi connectivity index (χ0v) is 13.3. The molecule has 2 aromatic rings. The average Bonchev–Trinajstić information content (AvgIpc) is 3.18. The van der Waals surface area contributed by atoms with Gasteiger partial charge in [-0.2, -0.15) is 0 Å². The van der Waals surface area contributed by atoms with Crippen molar-refractivity contribution in [1.29, 1.82) is 5.41 Å². The van der Waals surface area contributed by atoms with Crippen LogP contribution in [0.4, 0.5) is 15.0 Å². The van der Waals surface area contributed by atoms with Crippen molar-refractivity contribution in [3.8, 4) is 0 Å². The standard InChI is InChI=1S/C15H18FN7O2/c16-9-3-1-8-2-4-11(10(8)7-9)21-13(17)12-14(23-25-22-12)19-5-6-20-15(18)24/h1,3,7,11H,2,4-6H2,(H2,17,21)(H,19,23)(H3,18,20,24).